The third kappa shape index (κ3) is 2.95. The molecule has 0 fully saturated rings. The SMILES string of the molecule is COc1ccc([C@H]2CC(c3cc(C)ccc3O)=NN2)c(OC)c1. The summed E-state index contributed by atoms with van der Waals surface area (Å²) in [5, 5.41) is 14.5. The van der Waals surface area contributed by atoms with Crippen LogP contribution in [0.5, 0.6) is 17.2 Å². The summed E-state index contributed by atoms with van der Waals surface area (Å²) in [6.45, 7) is 2.00. The first-order valence-electron chi connectivity index (χ1n) is 7.46. The summed E-state index contributed by atoms with van der Waals surface area (Å²) in [6, 6.07) is 11.3. The van der Waals surface area contributed by atoms with E-state index in [0.29, 0.717) is 6.42 Å². The summed E-state index contributed by atoms with van der Waals surface area (Å²) >= 11 is 0. The fourth-order valence-corrected chi connectivity index (χ4v) is 2.78. The predicted molar refractivity (Wildman–Crippen MR) is 89.4 cm³/mol. The lowest BCUT2D eigenvalue weighted by atomic mass is 9.97. The maximum atomic E-state index is 10.1. The third-order valence-corrected chi connectivity index (χ3v) is 4.03. The van der Waals surface area contributed by atoms with Crippen LogP contribution in [-0.2, 0) is 0 Å². The number of ether oxygens (including phenoxy) is 2. The normalized spacial score (nSPS) is 16.7. The molecule has 0 saturated carbocycles. The Morgan fingerprint density at radius 1 is 1.13 bits per heavy atom. The number of benzene rings is 2. The van der Waals surface area contributed by atoms with E-state index >= 15 is 0 Å². The van der Waals surface area contributed by atoms with Crippen LogP contribution in [-0.4, -0.2) is 25.0 Å². The highest BCUT2D eigenvalue weighted by molar-refractivity contribution is 6.04. The van der Waals surface area contributed by atoms with E-state index < -0.39 is 0 Å². The molecule has 120 valence electrons. The maximum Gasteiger partial charge on any atom is 0.127 e. The van der Waals surface area contributed by atoms with Gasteiger partial charge in [-0.3, -0.25) is 0 Å². The van der Waals surface area contributed by atoms with Crippen LogP contribution in [0.1, 0.15) is 29.2 Å². The molecular formula is C18H20N2O3. The fraction of sp³-hybridized carbons (Fsp3) is 0.278. The van der Waals surface area contributed by atoms with Gasteiger partial charge in [-0.05, 0) is 31.2 Å². The van der Waals surface area contributed by atoms with Crippen LogP contribution in [0.15, 0.2) is 41.5 Å². The first kappa shape index (κ1) is 15.2. The molecule has 23 heavy (non-hydrogen) atoms. The highest BCUT2D eigenvalue weighted by Crippen LogP contribution is 2.35. The Labute approximate surface area is 135 Å². The summed E-state index contributed by atoms with van der Waals surface area (Å²) < 4.78 is 10.7. The van der Waals surface area contributed by atoms with Gasteiger partial charge in [0.2, 0.25) is 0 Å². The van der Waals surface area contributed by atoms with Crippen LogP contribution in [0.25, 0.3) is 0 Å². The number of nitrogens with zero attached hydrogens (tertiary/aromatic N) is 1. The molecule has 1 aliphatic heterocycles. The summed E-state index contributed by atoms with van der Waals surface area (Å²) in [5.74, 6) is 1.76. The van der Waals surface area contributed by atoms with Crippen LogP contribution in [0.3, 0.4) is 0 Å². The minimum atomic E-state index is 0.00534. The number of phenols is 1. The van der Waals surface area contributed by atoms with Crippen molar-refractivity contribution in [3.8, 4) is 17.2 Å². The van der Waals surface area contributed by atoms with Crippen molar-refractivity contribution in [2.24, 2.45) is 5.10 Å². The Morgan fingerprint density at radius 2 is 1.96 bits per heavy atom. The predicted octanol–water partition coefficient (Wildman–Crippen LogP) is 3.16. The van der Waals surface area contributed by atoms with E-state index in [-0.39, 0.29) is 11.8 Å². The molecule has 2 N–H and O–H groups in total. The number of hydrogen-bond donors (Lipinski definition) is 2. The maximum absolute atomic E-state index is 10.1. The number of phenolic OH excluding ortho intramolecular Hbond substituents is 1. The third-order valence-electron chi connectivity index (χ3n) is 4.03. The zero-order chi connectivity index (χ0) is 16.4. The Bertz CT molecular complexity index is 756. The van der Waals surface area contributed by atoms with Crippen molar-refractivity contribution in [2.45, 2.75) is 19.4 Å². The molecule has 2 aromatic carbocycles. The minimum absolute atomic E-state index is 0.00534. The van der Waals surface area contributed by atoms with Crippen LogP contribution in [0.2, 0.25) is 0 Å². The lowest BCUT2D eigenvalue weighted by Crippen LogP contribution is -2.11. The average molecular weight is 312 g/mol. The van der Waals surface area contributed by atoms with Gasteiger partial charge in [-0.25, -0.2) is 0 Å². The molecule has 0 unspecified atom stereocenters. The molecule has 1 aliphatic rings. The van der Waals surface area contributed by atoms with Gasteiger partial charge in [0.25, 0.3) is 0 Å². The van der Waals surface area contributed by atoms with E-state index in [1.54, 1.807) is 20.3 Å². The van der Waals surface area contributed by atoms with Crippen molar-refractivity contribution < 1.29 is 14.6 Å². The van der Waals surface area contributed by atoms with E-state index in [2.05, 4.69) is 10.5 Å². The van der Waals surface area contributed by atoms with Gasteiger partial charge in [0.15, 0.2) is 0 Å². The summed E-state index contributed by atoms with van der Waals surface area (Å²) in [5.41, 5.74) is 6.85. The van der Waals surface area contributed by atoms with E-state index in [1.165, 1.54) is 0 Å². The van der Waals surface area contributed by atoms with Gasteiger partial charge in [0.1, 0.15) is 17.2 Å². The van der Waals surface area contributed by atoms with E-state index in [1.807, 2.05) is 37.3 Å². The first-order chi connectivity index (χ1) is 11.1. The number of aromatic hydroxyl groups is 1. The molecule has 2 aromatic rings. The van der Waals surface area contributed by atoms with Gasteiger partial charge in [0, 0.05) is 23.6 Å². The molecule has 0 saturated heterocycles. The highest BCUT2D eigenvalue weighted by Gasteiger charge is 2.25. The van der Waals surface area contributed by atoms with Crippen LogP contribution in [0, 0.1) is 6.92 Å². The second-order valence-corrected chi connectivity index (χ2v) is 5.57. The monoisotopic (exact) mass is 312 g/mol. The van der Waals surface area contributed by atoms with Gasteiger partial charge < -0.3 is 20.0 Å². The van der Waals surface area contributed by atoms with Crippen molar-refractivity contribution in [2.75, 3.05) is 14.2 Å². The fourth-order valence-electron chi connectivity index (χ4n) is 2.78. The molecule has 0 bridgehead atoms. The molecule has 3 rings (SSSR count). The molecule has 0 spiro atoms. The zero-order valence-corrected chi connectivity index (χ0v) is 13.5. The van der Waals surface area contributed by atoms with Crippen molar-refractivity contribution >= 4 is 5.71 Å². The Morgan fingerprint density at radius 3 is 2.70 bits per heavy atom. The Balaban J connectivity index is 1.86. The molecule has 0 amide bonds. The molecule has 5 nitrogen and oxygen atoms in total. The molecule has 5 heteroatoms. The zero-order valence-electron chi connectivity index (χ0n) is 13.5. The Kier molecular flexibility index (Phi) is 4.10. The van der Waals surface area contributed by atoms with Gasteiger partial charge in [-0.15, -0.1) is 0 Å². The van der Waals surface area contributed by atoms with Crippen molar-refractivity contribution in [3.63, 3.8) is 0 Å². The molecule has 0 aliphatic carbocycles. The lowest BCUT2D eigenvalue weighted by Gasteiger charge is -2.15. The Hall–Kier alpha value is -2.69. The second-order valence-electron chi connectivity index (χ2n) is 5.57. The average Bonchev–Trinajstić information content (AvgIpc) is 3.06. The number of rotatable bonds is 4. The number of hydrazone groups is 1. The topological polar surface area (TPSA) is 63.1 Å². The molecule has 0 radical (unpaired) electrons. The lowest BCUT2D eigenvalue weighted by molar-refractivity contribution is 0.386. The summed E-state index contributed by atoms with van der Waals surface area (Å²) in [4.78, 5) is 0. The number of methoxy groups -OCH3 is 2. The van der Waals surface area contributed by atoms with Gasteiger partial charge in [-0.2, -0.15) is 5.10 Å². The molecule has 1 heterocycles. The van der Waals surface area contributed by atoms with Crippen LogP contribution in [0.4, 0.5) is 0 Å². The summed E-state index contributed by atoms with van der Waals surface area (Å²) in [6.07, 6.45) is 0.680. The molecule has 0 aromatic heterocycles. The van der Waals surface area contributed by atoms with Gasteiger partial charge in [0.05, 0.1) is 26.0 Å². The minimum Gasteiger partial charge on any atom is -0.507 e. The molecule has 1 atom stereocenters. The smallest absolute Gasteiger partial charge is 0.127 e. The highest BCUT2D eigenvalue weighted by atomic mass is 16.5. The summed E-state index contributed by atoms with van der Waals surface area (Å²) in [7, 11) is 3.27. The van der Waals surface area contributed by atoms with E-state index in [4.69, 9.17) is 9.47 Å². The van der Waals surface area contributed by atoms with Crippen LogP contribution < -0.4 is 14.9 Å². The van der Waals surface area contributed by atoms with Crippen LogP contribution >= 0.6 is 0 Å². The quantitative estimate of drug-likeness (QED) is 0.910. The van der Waals surface area contributed by atoms with E-state index in [0.717, 1.165) is 33.9 Å². The number of nitrogens with one attached hydrogen (secondary N) is 1. The first-order valence-corrected chi connectivity index (χ1v) is 7.46. The van der Waals surface area contributed by atoms with Crippen molar-refractivity contribution in [3.05, 3.63) is 53.1 Å². The van der Waals surface area contributed by atoms with E-state index in [9.17, 15) is 5.11 Å². The second kappa shape index (κ2) is 6.20. The van der Waals surface area contributed by atoms with Gasteiger partial charge in [-0.1, -0.05) is 11.6 Å². The largest absolute Gasteiger partial charge is 0.507 e. The van der Waals surface area contributed by atoms with Crippen molar-refractivity contribution in [1.82, 2.24) is 5.43 Å². The number of hydrogen-bond acceptors (Lipinski definition) is 5. The standard InChI is InChI=1S/C18H20N2O3/c1-11-4-7-17(21)14(8-11)16-10-15(19-20-16)13-6-5-12(22-2)9-18(13)23-3/h4-9,15,19,21H,10H2,1-3H3/t15-/m1/s1. The molecular weight excluding hydrogens is 292 g/mol. The number of aryl methyl sites for hydroxylation is 1. The van der Waals surface area contributed by atoms with Gasteiger partial charge >= 0.3 is 0 Å². The van der Waals surface area contributed by atoms with Crippen molar-refractivity contribution in [1.29, 1.82) is 0 Å².